The van der Waals surface area contributed by atoms with Gasteiger partial charge in [0.15, 0.2) is 5.16 Å². The average Bonchev–Trinajstić information content (AvgIpc) is 3.19. The van der Waals surface area contributed by atoms with Crippen molar-refractivity contribution in [2.75, 3.05) is 11.5 Å². The Bertz CT molecular complexity index is 939. The maximum Gasteiger partial charge on any atom is 0.260 e. The van der Waals surface area contributed by atoms with Crippen LogP contribution in [0.3, 0.4) is 0 Å². The summed E-state index contributed by atoms with van der Waals surface area (Å²) >= 11 is 11.4. The van der Waals surface area contributed by atoms with Gasteiger partial charge in [-0.1, -0.05) is 30.0 Å². The van der Waals surface area contributed by atoms with Gasteiger partial charge in [0.1, 0.15) is 4.83 Å². The topological polar surface area (TPSA) is 45.8 Å². The van der Waals surface area contributed by atoms with Gasteiger partial charge in [-0.3, -0.25) is 4.79 Å². The quantitative estimate of drug-likeness (QED) is 0.355. The van der Waals surface area contributed by atoms with Crippen LogP contribution in [0.25, 0.3) is 10.2 Å². The number of rotatable bonds is 6. The first-order valence-corrected chi connectivity index (χ1v) is 11.4. The van der Waals surface area contributed by atoms with Crippen LogP contribution in [0.15, 0.2) is 45.2 Å². The number of H-pyrrole nitrogens is 1. The molecule has 25 heavy (non-hydrogen) atoms. The van der Waals surface area contributed by atoms with E-state index in [1.54, 1.807) is 23.1 Å². The summed E-state index contributed by atoms with van der Waals surface area (Å²) in [7, 11) is 0. The lowest BCUT2D eigenvalue weighted by atomic mass is 10.2. The number of fused-ring (bicyclic) bond motifs is 3. The molecule has 0 bridgehead atoms. The normalized spacial score (nSPS) is 14.8. The number of aryl methyl sites for hydroxylation is 2. The number of hydrogen-bond donors (Lipinski definition) is 1. The van der Waals surface area contributed by atoms with Gasteiger partial charge in [-0.25, -0.2) is 4.98 Å². The highest BCUT2D eigenvalue weighted by Crippen LogP contribution is 2.35. The standard InChI is InChI=1S/C18H17ClN2OS3/c19-11(9-23-12-5-2-1-3-6-12)10-24-18-20-16(22)15-13-7-4-8-14(13)25-17(15)21-18/h1-3,5-6,11H,4,7-10H2,(H,20,21,22)/t11-/m1/s1. The predicted molar refractivity (Wildman–Crippen MR) is 110 cm³/mol. The van der Waals surface area contributed by atoms with E-state index in [0.29, 0.717) is 5.16 Å². The largest absolute Gasteiger partial charge is 0.301 e. The van der Waals surface area contributed by atoms with E-state index in [0.717, 1.165) is 41.0 Å². The van der Waals surface area contributed by atoms with Crippen LogP contribution in [0.1, 0.15) is 16.9 Å². The van der Waals surface area contributed by atoms with Crippen LogP contribution in [0.2, 0.25) is 0 Å². The third kappa shape index (κ3) is 3.92. The molecule has 2 heterocycles. The van der Waals surface area contributed by atoms with Gasteiger partial charge in [-0.2, -0.15) is 0 Å². The van der Waals surface area contributed by atoms with Gasteiger partial charge in [-0.15, -0.1) is 34.7 Å². The summed E-state index contributed by atoms with van der Waals surface area (Å²) in [5, 5.41) is 1.50. The van der Waals surface area contributed by atoms with Crippen molar-refractivity contribution in [3.63, 3.8) is 0 Å². The first-order chi connectivity index (χ1) is 12.2. The van der Waals surface area contributed by atoms with Crippen LogP contribution < -0.4 is 5.56 Å². The Morgan fingerprint density at radius 1 is 1.20 bits per heavy atom. The molecule has 0 amide bonds. The van der Waals surface area contributed by atoms with Gasteiger partial charge in [-0.05, 0) is 37.0 Å². The van der Waals surface area contributed by atoms with Gasteiger partial charge in [0.05, 0.1) is 10.8 Å². The number of thiophene rings is 1. The highest BCUT2D eigenvalue weighted by molar-refractivity contribution is 8.00. The van der Waals surface area contributed by atoms with Gasteiger partial charge >= 0.3 is 0 Å². The van der Waals surface area contributed by atoms with E-state index >= 15 is 0 Å². The Morgan fingerprint density at radius 3 is 2.84 bits per heavy atom. The molecule has 3 aromatic rings. The fraction of sp³-hybridized carbons (Fsp3) is 0.333. The van der Waals surface area contributed by atoms with Crippen molar-refractivity contribution < 1.29 is 0 Å². The third-order valence-electron chi connectivity index (χ3n) is 4.13. The van der Waals surface area contributed by atoms with E-state index in [2.05, 4.69) is 22.1 Å². The molecule has 1 aromatic carbocycles. The van der Waals surface area contributed by atoms with Crippen LogP contribution >= 0.6 is 46.5 Å². The molecule has 1 N–H and O–H groups in total. The molecule has 0 saturated carbocycles. The molecule has 0 unspecified atom stereocenters. The van der Waals surface area contributed by atoms with Crippen molar-refractivity contribution in [2.24, 2.45) is 0 Å². The summed E-state index contributed by atoms with van der Waals surface area (Å²) < 4.78 is 0. The van der Waals surface area contributed by atoms with Crippen molar-refractivity contribution in [2.45, 2.75) is 34.7 Å². The fourth-order valence-electron chi connectivity index (χ4n) is 2.97. The highest BCUT2D eigenvalue weighted by atomic mass is 35.5. The summed E-state index contributed by atoms with van der Waals surface area (Å²) in [6.07, 6.45) is 3.24. The molecule has 130 valence electrons. The smallest absolute Gasteiger partial charge is 0.260 e. The zero-order chi connectivity index (χ0) is 17.2. The van der Waals surface area contributed by atoms with Crippen LogP contribution in [0.4, 0.5) is 0 Å². The Hall–Kier alpha value is -0.950. The first kappa shape index (κ1) is 17.5. The second-order valence-corrected chi connectivity index (χ2v) is 9.74. The molecule has 4 rings (SSSR count). The zero-order valence-electron chi connectivity index (χ0n) is 13.5. The summed E-state index contributed by atoms with van der Waals surface area (Å²) in [4.78, 5) is 23.5. The summed E-state index contributed by atoms with van der Waals surface area (Å²) in [5.74, 6) is 1.55. The van der Waals surface area contributed by atoms with Crippen LogP contribution in [-0.4, -0.2) is 26.9 Å². The summed E-state index contributed by atoms with van der Waals surface area (Å²) in [6.45, 7) is 0. The molecule has 0 aliphatic heterocycles. The van der Waals surface area contributed by atoms with Crippen LogP contribution in [-0.2, 0) is 12.8 Å². The maximum atomic E-state index is 12.4. The number of aromatic nitrogens is 2. The molecule has 0 spiro atoms. The zero-order valence-corrected chi connectivity index (χ0v) is 16.7. The Balaban J connectivity index is 1.40. The van der Waals surface area contributed by atoms with Gasteiger partial charge in [0.25, 0.3) is 5.56 Å². The Kier molecular flexibility index (Phi) is 5.41. The molecule has 1 aliphatic rings. The third-order valence-corrected chi connectivity index (χ3v) is 8.20. The number of nitrogens with one attached hydrogen (secondary N) is 1. The second-order valence-electron chi connectivity index (χ2n) is 5.94. The summed E-state index contributed by atoms with van der Waals surface area (Å²) in [6, 6.07) is 10.2. The molecule has 0 saturated heterocycles. The minimum atomic E-state index is -0.00307. The Labute approximate surface area is 163 Å². The number of nitrogens with zero attached hydrogens (tertiary/aromatic N) is 1. The summed E-state index contributed by atoms with van der Waals surface area (Å²) in [5.41, 5.74) is 1.22. The van der Waals surface area contributed by atoms with E-state index in [9.17, 15) is 4.79 Å². The maximum absolute atomic E-state index is 12.4. The lowest BCUT2D eigenvalue weighted by Crippen LogP contribution is -2.11. The number of hydrogen-bond acceptors (Lipinski definition) is 5. The van der Waals surface area contributed by atoms with E-state index in [1.165, 1.54) is 27.1 Å². The number of halogens is 1. The monoisotopic (exact) mass is 408 g/mol. The van der Waals surface area contributed by atoms with E-state index < -0.39 is 0 Å². The molecule has 3 nitrogen and oxygen atoms in total. The van der Waals surface area contributed by atoms with Crippen LogP contribution in [0.5, 0.6) is 0 Å². The molecular formula is C18H17ClN2OS3. The molecular weight excluding hydrogens is 392 g/mol. The van der Waals surface area contributed by atoms with E-state index in [4.69, 9.17) is 11.6 Å². The number of alkyl halides is 1. The van der Waals surface area contributed by atoms with Crippen molar-refractivity contribution in [3.05, 3.63) is 51.1 Å². The van der Waals surface area contributed by atoms with E-state index in [1.807, 2.05) is 18.2 Å². The molecule has 0 fully saturated rings. The molecule has 7 heteroatoms. The number of thioether (sulfide) groups is 2. The van der Waals surface area contributed by atoms with Crippen molar-refractivity contribution in [1.82, 2.24) is 9.97 Å². The molecule has 2 aromatic heterocycles. The molecule has 0 radical (unpaired) electrons. The molecule has 1 aliphatic carbocycles. The van der Waals surface area contributed by atoms with Crippen molar-refractivity contribution in [3.8, 4) is 0 Å². The number of benzene rings is 1. The van der Waals surface area contributed by atoms with Crippen LogP contribution in [0, 0.1) is 0 Å². The molecule has 1 atom stereocenters. The predicted octanol–water partition coefficient (Wildman–Crippen LogP) is 4.97. The lowest BCUT2D eigenvalue weighted by molar-refractivity contribution is 0.913. The highest BCUT2D eigenvalue weighted by Gasteiger charge is 2.21. The van der Waals surface area contributed by atoms with Crippen molar-refractivity contribution >= 4 is 56.7 Å². The van der Waals surface area contributed by atoms with Gasteiger partial charge in [0, 0.05) is 21.3 Å². The number of aromatic amines is 1. The fourth-order valence-corrected chi connectivity index (χ4v) is 6.44. The first-order valence-electron chi connectivity index (χ1n) is 8.20. The van der Waals surface area contributed by atoms with Crippen molar-refractivity contribution in [1.29, 1.82) is 0 Å². The lowest BCUT2D eigenvalue weighted by Gasteiger charge is -2.08. The van der Waals surface area contributed by atoms with Gasteiger partial charge < -0.3 is 4.98 Å². The minimum absolute atomic E-state index is 0.00307. The SMILES string of the molecule is O=c1[nH]c(SC[C@H](Cl)CSc2ccccc2)nc2sc3c(c12)CCC3. The van der Waals surface area contributed by atoms with E-state index in [-0.39, 0.29) is 10.9 Å². The second kappa shape index (κ2) is 7.74. The Morgan fingerprint density at radius 2 is 2.00 bits per heavy atom. The minimum Gasteiger partial charge on any atom is -0.301 e. The van der Waals surface area contributed by atoms with Gasteiger partial charge in [0.2, 0.25) is 0 Å². The average molecular weight is 409 g/mol.